The molecule has 39 heavy (non-hydrogen) atoms. The zero-order valence-corrected chi connectivity index (χ0v) is 21.8. The number of amides is 1. The van der Waals surface area contributed by atoms with Crippen LogP contribution in [0.5, 0.6) is 0 Å². The third-order valence-electron chi connectivity index (χ3n) is 6.47. The standard InChI is InChI=1S/C31H27N3O5/c1-18-4-9-22(10-5-18)26-14-15-27(38-26)29(35)32-25(31(36)37)17-21-8-13-24(20(3)16-21)28-33-30(39-34-28)23-11-6-19(2)7-12-23/h4-16,25H,17H2,1-3H3,(H,32,35)(H,36,37)/t25-/m1/s1. The zero-order chi connectivity index (χ0) is 27.5. The van der Waals surface area contributed by atoms with Crippen LogP contribution in [0.4, 0.5) is 0 Å². The van der Waals surface area contributed by atoms with Crippen molar-refractivity contribution >= 4 is 11.9 Å². The predicted molar refractivity (Wildman–Crippen MR) is 146 cm³/mol. The van der Waals surface area contributed by atoms with E-state index in [4.69, 9.17) is 8.94 Å². The molecule has 5 rings (SSSR count). The number of benzene rings is 3. The summed E-state index contributed by atoms with van der Waals surface area (Å²) in [5, 5.41) is 16.5. The van der Waals surface area contributed by atoms with E-state index >= 15 is 0 Å². The average Bonchev–Trinajstić information content (AvgIpc) is 3.60. The lowest BCUT2D eigenvalue weighted by Crippen LogP contribution is -2.42. The maximum atomic E-state index is 12.8. The summed E-state index contributed by atoms with van der Waals surface area (Å²) in [6.45, 7) is 5.89. The summed E-state index contributed by atoms with van der Waals surface area (Å²) < 4.78 is 11.1. The quantitative estimate of drug-likeness (QED) is 0.256. The lowest BCUT2D eigenvalue weighted by atomic mass is 9.99. The second kappa shape index (κ2) is 10.8. The van der Waals surface area contributed by atoms with Crippen molar-refractivity contribution in [3.8, 4) is 34.2 Å². The molecule has 0 bridgehead atoms. The maximum Gasteiger partial charge on any atom is 0.326 e. The Labute approximate surface area is 225 Å². The molecule has 3 aromatic carbocycles. The molecule has 8 heteroatoms. The molecular weight excluding hydrogens is 494 g/mol. The van der Waals surface area contributed by atoms with Crippen LogP contribution in [0.3, 0.4) is 0 Å². The van der Waals surface area contributed by atoms with Crippen LogP contribution in [-0.2, 0) is 11.2 Å². The van der Waals surface area contributed by atoms with E-state index in [1.54, 1.807) is 12.1 Å². The molecule has 0 radical (unpaired) electrons. The number of carbonyl (C=O) groups is 2. The first kappa shape index (κ1) is 25.7. The fraction of sp³-hybridized carbons (Fsp3) is 0.161. The summed E-state index contributed by atoms with van der Waals surface area (Å²) in [6.07, 6.45) is 0.0918. The molecule has 0 spiro atoms. The average molecular weight is 522 g/mol. The summed E-state index contributed by atoms with van der Waals surface area (Å²) in [5.41, 5.74) is 6.28. The second-order valence-corrected chi connectivity index (χ2v) is 9.54. The van der Waals surface area contributed by atoms with Gasteiger partial charge in [0.1, 0.15) is 11.8 Å². The summed E-state index contributed by atoms with van der Waals surface area (Å²) in [7, 11) is 0. The van der Waals surface area contributed by atoms with Gasteiger partial charge in [0.05, 0.1) is 0 Å². The van der Waals surface area contributed by atoms with E-state index in [-0.39, 0.29) is 12.2 Å². The number of hydrogen-bond acceptors (Lipinski definition) is 6. The normalized spacial score (nSPS) is 11.8. The van der Waals surface area contributed by atoms with Crippen LogP contribution in [-0.4, -0.2) is 33.2 Å². The lowest BCUT2D eigenvalue weighted by Gasteiger charge is -2.15. The molecule has 0 saturated carbocycles. The van der Waals surface area contributed by atoms with Crippen LogP contribution in [0.1, 0.15) is 32.8 Å². The number of hydrogen-bond donors (Lipinski definition) is 2. The highest BCUT2D eigenvalue weighted by atomic mass is 16.5. The van der Waals surface area contributed by atoms with E-state index in [1.165, 1.54) is 6.07 Å². The summed E-state index contributed by atoms with van der Waals surface area (Å²) in [6, 6.07) is 23.1. The molecular formula is C31H27N3O5. The molecule has 1 amide bonds. The van der Waals surface area contributed by atoms with E-state index in [1.807, 2.05) is 81.4 Å². The summed E-state index contributed by atoms with van der Waals surface area (Å²) in [5.74, 6) is -0.290. The molecule has 2 N–H and O–H groups in total. The van der Waals surface area contributed by atoms with E-state index in [2.05, 4.69) is 15.5 Å². The number of nitrogens with one attached hydrogen (secondary N) is 1. The number of carbonyl (C=O) groups excluding carboxylic acids is 1. The molecule has 2 heterocycles. The van der Waals surface area contributed by atoms with Crippen LogP contribution in [0, 0.1) is 20.8 Å². The van der Waals surface area contributed by atoms with Gasteiger partial charge in [-0.2, -0.15) is 4.98 Å². The van der Waals surface area contributed by atoms with Crippen molar-refractivity contribution in [2.45, 2.75) is 33.2 Å². The molecule has 1 atom stereocenters. The van der Waals surface area contributed by atoms with Crippen molar-refractivity contribution < 1.29 is 23.6 Å². The molecule has 8 nitrogen and oxygen atoms in total. The zero-order valence-electron chi connectivity index (χ0n) is 21.8. The number of furan rings is 1. The van der Waals surface area contributed by atoms with Crippen molar-refractivity contribution in [2.75, 3.05) is 0 Å². The van der Waals surface area contributed by atoms with Gasteiger partial charge >= 0.3 is 5.97 Å². The van der Waals surface area contributed by atoms with Crippen LogP contribution in [0.15, 0.2) is 87.8 Å². The third kappa shape index (κ3) is 5.80. The first-order valence-corrected chi connectivity index (χ1v) is 12.5. The van der Waals surface area contributed by atoms with Crippen molar-refractivity contribution in [3.05, 3.63) is 107 Å². The van der Waals surface area contributed by atoms with Gasteiger partial charge in [0, 0.05) is 23.1 Å². The van der Waals surface area contributed by atoms with Crippen molar-refractivity contribution in [2.24, 2.45) is 0 Å². The molecule has 0 aliphatic heterocycles. The van der Waals surface area contributed by atoms with E-state index in [9.17, 15) is 14.7 Å². The van der Waals surface area contributed by atoms with Crippen LogP contribution in [0.25, 0.3) is 34.2 Å². The van der Waals surface area contributed by atoms with Crippen molar-refractivity contribution in [3.63, 3.8) is 0 Å². The van der Waals surface area contributed by atoms with Gasteiger partial charge < -0.3 is 19.4 Å². The molecule has 0 aliphatic carbocycles. The Morgan fingerprint density at radius 2 is 1.54 bits per heavy atom. The van der Waals surface area contributed by atoms with E-state index < -0.39 is 17.9 Å². The number of aromatic nitrogens is 2. The van der Waals surface area contributed by atoms with Gasteiger partial charge in [-0.15, -0.1) is 0 Å². The number of carboxylic acids is 1. The lowest BCUT2D eigenvalue weighted by molar-refractivity contribution is -0.139. The Morgan fingerprint density at radius 3 is 2.18 bits per heavy atom. The molecule has 0 fully saturated rings. The highest BCUT2D eigenvalue weighted by Gasteiger charge is 2.24. The van der Waals surface area contributed by atoms with Crippen LogP contribution in [0.2, 0.25) is 0 Å². The number of aliphatic carboxylic acids is 1. The predicted octanol–water partition coefficient (Wildman–Crippen LogP) is 6.01. The van der Waals surface area contributed by atoms with Gasteiger partial charge in [-0.3, -0.25) is 4.79 Å². The molecule has 0 saturated heterocycles. The SMILES string of the molecule is Cc1ccc(-c2ccc(C(=O)N[C@H](Cc3ccc(-c4noc(-c5ccc(C)cc5)n4)c(C)c3)C(=O)O)o2)cc1. The number of rotatable bonds is 8. The van der Waals surface area contributed by atoms with Gasteiger partial charge in [0.2, 0.25) is 5.82 Å². The van der Waals surface area contributed by atoms with Crippen LogP contribution < -0.4 is 5.32 Å². The minimum absolute atomic E-state index is 0.0461. The Morgan fingerprint density at radius 1 is 0.872 bits per heavy atom. The minimum Gasteiger partial charge on any atom is -0.480 e. The molecule has 196 valence electrons. The van der Waals surface area contributed by atoms with Gasteiger partial charge in [-0.1, -0.05) is 70.9 Å². The second-order valence-electron chi connectivity index (χ2n) is 9.54. The minimum atomic E-state index is -1.14. The third-order valence-corrected chi connectivity index (χ3v) is 6.47. The molecule has 2 aromatic heterocycles. The van der Waals surface area contributed by atoms with Gasteiger partial charge in [0.25, 0.3) is 11.8 Å². The summed E-state index contributed by atoms with van der Waals surface area (Å²) in [4.78, 5) is 29.3. The van der Waals surface area contributed by atoms with Gasteiger partial charge in [-0.05, 0) is 56.2 Å². The van der Waals surface area contributed by atoms with Crippen LogP contribution >= 0.6 is 0 Å². The monoisotopic (exact) mass is 521 g/mol. The Bertz CT molecular complexity index is 1630. The molecule has 0 aliphatic rings. The van der Waals surface area contributed by atoms with Crippen molar-refractivity contribution in [1.29, 1.82) is 0 Å². The largest absolute Gasteiger partial charge is 0.480 e. The topological polar surface area (TPSA) is 118 Å². The Hall–Kier alpha value is -4.98. The fourth-order valence-electron chi connectivity index (χ4n) is 4.25. The highest BCUT2D eigenvalue weighted by Crippen LogP contribution is 2.26. The fourth-order valence-corrected chi connectivity index (χ4v) is 4.25. The number of aryl methyl sites for hydroxylation is 3. The molecule has 0 unspecified atom stereocenters. The van der Waals surface area contributed by atoms with E-state index in [0.717, 1.165) is 38.9 Å². The first-order valence-electron chi connectivity index (χ1n) is 12.5. The molecule has 5 aromatic rings. The smallest absolute Gasteiger partial charge is 0.326 e. The van der Waals surface area contributed by atoms with E-state index in [0.29, 0.717) is 17.5 Å². The van der Waals surface area contributed by atoms with Gasteiger partial charge in [0.15, 0.2) is 5.76 Å². The highest BCUT2D eigenvalue weighted by molar-refractivity contribution is 5.94. The van der Waals surface area contributed by atoms with Crippen molar-refractivity contribution in [1.82, 2.24) is 15.5 Å². The Kier molecular flexibility index (Phi) is 7.10. The number of nitrogens with zero attached hydrogens (tertiary/aromatic N) is 2. The first-order chi connectivity index (χ1) is 18.8. The maximum absolute atomic E-state index is 12.8. The Balaban J connectivity index is 1.28. The number of carboxylic acid groups (broad SMARTS) is 1. The summed E-state index contributed by atoms with van der Waals surface area (Å²) >= 11 is 0. The van der Waals surface area contributed by atoms with Gasteiger partial charge in [-0.25, -0.2) is 4.79 Å².